The summed E-state index contributed by atoms with van der Waals surface area (Å²) in [6.07, 6.45) is 3.41. The lowest BCUT2D eigenvalue weighted by Crippen LogP contribution is -2.21. The van der Waals surface area contributed by atoms with E-state index in [1.165, 1.54) is 43.7 Å². The summed E-state index contributed by atoms with van der Waals surface area (Å²) in [5.41, 5.74) is 3.56. The van der Waals surface area contributed by atoms with Crippen LogP contribution < -0.4 is 20.4 Å². The second kappa shape index (κ2) is 10.4. The van der Waals surface area contributed by atoms with E-state index in [2.05, 4.69) is 30.8 Å². The SMILES string of the molecule is COc1ccc([N+](=O)[O-])cc1/C=N\Nc1nc(Nc2ccc([N+](=O)[O-])cc2)nc(N2CCCC2)n1. The Balaban J connectivity index is 1.58. The van der Waals surface area contributed by atoms with E-state index in [9.17, 15) is 20.2 Å². The highest BCUT2D eigenvalue weighted by Crippen LogP contribution is 2.24. The number of methoxy groups -OCH3 is 1. The molecule has 180 valence electrons. The third kappa shape index (κ3) is 5.73. The summed E-state index contributed by atoms with van der Waals surface area (Å²) in [5.74, 6) is 1.23. The van der Waals surface area contributed by atoms with Crippen molar-refractivity contribution in [3.63, 3.8) is 0 Å². The van der Waals surface area contributed by atoms with Gasteiger partial charge in [0.2, 0.25) is 17.8 Å². The van der Waals surface area contributed by atoms with E-state index in [1.807, 2.05) is 4.90 Å². The van der Waals surface area contributed by atoms with Gasteiger partial charge in [-0.2, -0.15) is 20.1 Å². The average Bonchev–Trinajstić information content (AvgIpc) is 3.39. The Morgan fingerprint density at radius 3 is 2.29 bits per heavy atom. The van der Waals surface area contributed by atoms with Crippen LogP contribution in [0.25, 0.3) is 0 Å². The summed E-state index contributed by atoms with van der Waals surface area (Å²) in [7, 11) is 1.45. The van der Waals surface area contributed by atoms with Gasteiger partial charge in [0, 0.05) is 48.6 Å². The molecule has 0 spiro atoms. The van der Waals surface area contributed by atoms with Crippen molar-refractivity contribution in [3.8, 4) is 5.75 Å². The fraction of sp³-hybridized carbons (Fsp3) is 0.238. The van der Waals surface area contributed by atoms with Crippen LogP contribution in [0.5, 0.6) is 5.75 Å². The maximum absolute atomic E-state index is 11.1. The molecule has 1 fully saturated rings. The molecule has 0 aliphatic carbocycles. The predicted octanol–water partition coefficient (Wildman–Crippen LogP) is 3.49. The van der Waals surface area contributed by atoms with Gasteiger partial charge >= 0.3 is 0 Å². The Hall–Kier alpha value is -4.88. The largest absolute Gasteiger partial charge is 0.496 e. The molecule has 1 aliphatic rings. The molecule has 0 unspecified atom stereocenters. The van der Waals surface area contributed by atoms with Crippen molar-refractivity contribution in [2.24, 2.45) is 5.10 Å². The van der Waals surface area contributed by atoms with Crippen molar-refractivity contribution >= 4 is 41.1 Å². The van der Waals surface area contributed by atoms with Crippen LogP contribution in [0.3, 0.4) is 0 Å². The highest BCUT2D eigenvalue weighted by atomic mass is 16.6. The summed E-state index contributed by atoms with van der Waals surface area (Å²) in [6.45, 7) is 1.60. The lowest BCUT2D eigenvalue weighted by molar-refractivity contribution is -0.385. The number of rotatable bonds is 9. The first-order valence-corrected chi connectivity index (χ1v) is 10.6. The molecule has 0 amide bonds. The first kappa shape index (κ1) is 23.3. The minimum atomic E-state index is -0.505. The number of hydrogen-bond donors (Lipinski definition) is 2. The zero-order valence-corrected chi connectivity index (χ0v) is 18.6. The molecule has 1 aromatic heterocycles. The van der Waals surface area contributed by atoms with Gasteiger partial charge in [-0.25, -0.2) is 5.43 Å². The first-order valence-electron chi connectivity index (χ1n) is 10.6. The third-order valence-corrected chi connectivity index (χ3v) is 5.14. The number of hydrazone groups is 1. The second-order valence-corrected chi connectivity index (χ2v) is 7.46. The van der Waals surface area contributed by atoms with E-state index in [4.69, 9.17) is 4.74 Å². The molecule has 0 bridgehead atoms. The zero-order valence-electron chi connectivity index (χ0n) is 18.6. The smallest absolute Gasteiger partial charge is 0.270 e. The van der Waals surface area contributed by atoms with Gasteiger partial charge in [0.1, 0.15) is 5.75 Å². The predicted molar refractivity (Wildman–Crippen MR) is 129 cm³/mol. The van der Waals surface area contributed by atoms with Crippen LogP contribution in [-0.4, -0.2) is 51.2 Å². The number of aromatic nitrogens is 3. The molecule has 1 saturated heterocycles. The first-order chi connectivity index (χ1) is 16.9. The van der Waals surface area contributed by atoms with Crippen LogP contribution >= 0.6 is 0 Å². The van der Waals surface area contributed by atoms with Crippen molar-refractivity contribution < 1.29 is 14.6 Å². The van der Waals surface area contributed by atoms with Crippen molar-refractivity contribution in [2.45, 2.75) is 12.8 Å². The number of nitro groups is 2. The molecule has 2 heterocycles. The van der Waals surface area contributed by atoms with Crippen molar-refractivity contribution in [3.05, 3.63) is 68.3 Å². The number of nitro benzene ring substituents is 2. The monoisotopic (exact) mass is 479 g/mol. The Kier molecular flexibility index (Phi) is 6.90. The Morgan fingerprint density at radius 1 is 0.971 bits per heavy atom. The summed E-state index contributed by atoms with van der Waals surface area (Å²) in [6, 6.07) is 10.0. The molecule has 0 atom stereocenters. The molecule has 35 heavy (non-hydrogen) atoms. The van der Waals surface area contributed by atoms with E-state index in [0.29, 0.717) is 22.9 Å². The van der Waals surface area contributed by atoms with E-state index in [-0.39, 0.29) is 23.3 Å². The van der Waals surface area contributed by atoms with E-state index >= 15 is 0 Å². The Labute approximate surface area is 199 Å². The van der Waals surface area contributed by atoms with E-state index < -0.39 is 9.85 Å². The molecule has 14 nitrogen and oxygen atoms in total. The number of nitrogens with zero attached hydrogens (tertiary/aromatic N) is 7. The summed E-state index contributed by atoms with van der Waals surface area (Å²) in [5, 5.41) is 29.1. The summed E-state index contributed by atoms with van der Waals surface area (Å²) >= 11 is 0. The second-order valence-electron chi connectivity index (χ2n) is 7.46. The van der Waals surface area contributed by atoms with Gasteiger partial charge in [-0.05, 0) is 31.0 Å². The van der Waals surface area contributed by atoms with Gasteiger partial charge < -0.3 is 15.0 Å². The van der Waals surface area contributed by atoms with Gasteiger partial charge in [0.15, 0.2) is 0 Å². The quantitative estimate of drug-likeness (QED) is 0.261. The molecular formula is C21H21N9O5. The average molecular weight is 479 g/mol. The molecule has 1 aliphatic heterocycles. The number of anilines is 4. The molecule has 4 rings (SSSR count). The minimum absolute atomic E-state index is 0.0303. The normalized spacial score (nSPS) is 13.1. The highest BCUT2D eigenvalue weighted by Gasteiger charge is 2.18. The molecular weight excluding hydrogens is 458 g/mol. The number of benzene rings is 2. The minimum Gasteiger partial charge on any atom is -0.496 e. The number of ether oxygens (including phenoxy) is 1. The maximum atomic E-state index is 11.1. The molecule has 0 saturated carbocycles. The van der Waals surface area contributed by atoms with Crippen LogP contribution in [-0.2, 0) is 0 Å². The zero-order chi connectivity index (χ0) is 24.8. The van der Waals surface area contributed by atoms with Crippen LogP contribution in [0, 0.1) is 20.2 Å². The molecule has 2 N–H and O–H groups in total. The fourth-order valence-corrected chi connectivity index (χ4v) is 3.42. The van der Waals surface area contributed by atoms with Gasteiger partial charge in [0.25, 0.3) is 11.4 Å². The summed E-state index contributed by atoms with van der Waals surface area (Å²) < 4.78 is 5.24. The Morgan fingerprint density at radius 2 is 1.63 bits per heavy atom. The van der Waals surface area contributed by atoms with Gasteiger partial charge in [0.05, 0.1) is 23.2 Å². The van der Waals surface area contributed by atoms with Crippen molar-refractivity contribution in [2.75, 3.05) is 35.8 Å². The third-order valence-electron chi connectivity index (χ3n) is 5.14. The van der Waals surface area contributed by atoms with Gasteiger partial charge in [-0.1, -0.05) is 0 Å². The highest BCUT2D eigenvalue weighted by molar-refractivity contribution is 5.85. The molecule has 0 radical (unpaired) electrons. The number of non-ortho nitro benzene ring substituents is 2. The standard InChI is InChI=1S/C21H21N9O5/c1-35-18-9-8-17(30(33)34)12-14(18)13-22-27-20-24-19(25-21(26-20)28-10-2-3-11-28)23-15-4-6-16(7-5-15)29(31)32/h4-9,12-13H,2-3,10-11H2,1H3,(H2,23,24,25,26,27)/b22-13-. The van der Waals surface area contributed by atoms with Gasteiger partial charge in [-0.3, -0.25) is 20.2 Å². The lowest BCUT2D eigenvalue weighted by Gasteiger charge is -2.16. The number of hydrogen-bond acceptors (Lipinski definition) is 12. The maximum Gasteiger partial charge on any atom is 0.270 e. The lowest BCUT2D eigenvalue weighted by atomic mass is 10.2. The van der Waals surface area contributed by atoms with Crippen molar-refractivity contribution in [1.82, 2.24) is 15.0 Å². The van der Waals surface area contributed by atoms with E-state index in [1.54, 1.807) is 12.1 Å². The fourth-order valence-electron chi connectivity index (χ4n) is 3.42. The van der Waals surface area contributed by atoms with Gasteiger partial charge in [-0.15, -0.1) is 0 Å². The molecule has 3 aromatic rings. The van der Waals surface area contributed by atoms with Crippen LogP contribution in [0.2, 0.25) is 0 Å². The topological polar surface area (TPSA) is 174 Å². The van der Waals surface area contributed by atoms with Crippen LogP contribution in [0.15, 0.2) is 47.6 Å². The molecule has 2 aromatic carbocycles. The van der Waals surface area contributed by atoms with Crippen LogP contribution in [0.1, 0.15) is 18.4 Å². The summed E-state index contributed by atoms with van der Waals surface area (Å²) in [4.78, 5) is 36.2. The van der Waals surface area contributed by atoms with Crippen molar-refractivity contribution in [1.29, 1.82) is 0 Å². The Bertz CT molecular complexity index is 1260. The molecule has 14 heteroatoms. The number of nitrogens with one attached hydrogen (secondary N) is 2. The van der Waals surface area contributed by atoms with E-state index in [0.717, 1.165) is 25.9 Å². The van der Waals surface area contributed by atoms with Crippen LogP contribution in [0.4, 0.5) is 34.9 Å².